The summed E-state index contributed by atoms with van der Waals surface area (Å²) in [6, 6.07) is 13.8. The quantitative estimate of drug-likeness (QED) is 0.194. The van der Waals surface area contributed by atoms with Crippen molar-refractivity contribution in [2.24, 2.45) is 4.99 Å². The van der Waals surface area contributed by atoms with Gasteiger partial charge < -0.3 is 39.7 Å². The fourth-order valence-electron chi connectivity index (χ4n) is 9.08. The number of methoxy groups -OCH3 is 1. The summed E-state index contributed by atoms with van der Waals surface area (Å²) in [5, 5.41) is 55.8. The molecular weight excluding hydrogens is 646 g/mol. The van der Waals surface area contributed by atoms with E-state index in [4.69, 9.17) is 14.2 Å². The van der Waals surface area contributed by atoms with E-state index in [9.17, 15) is 25.5 Å². The maximum Gasteiger partial charge on any atom is 0.161 e. The zero-order chi connectivity index (χ0) is 35.0. The van der Waals surface area contributed by atoms with Crippen LogP contribution in [0, 0.1) is 0 Å². The van der Waals surface area contributed by atoms with Gasteiger partial charge in [0, 0.05) is 41.2 Å². The van der Waals surface area contributed by atoms with Gasteiger partial charge in [0.15, 0.2) is 11.5 Å². The molecule has 4 aromatic carbocycles. The van der Waals surface area contributed by atoms with Crippen LogP contribution in [-0.4, -0.2) is 64.6 Å². The predicted molar refractivity (Wildman–Crippen MR) is 191 cm³/mol. The van der Waals surface area contributed by atoms with Crippen molar-refractivity contribution in [3.8, 4) is 39.9 Å². The van der Waals surface area contributed by atoms with Gasteiger partial charge in [-0.3, -0.25) is 4.99 Å². The van der Waals surface area contributed by atoms with E-state index in [0.717, 1.165) is 49.5 Å². The third kappa shape index (κ3) is 5.05. The average molecular weight is 688 g/mol. The summed E-state index contributed by atoms with van der Waals surface area (Å²) >= 11 is 0. The molecule has 5 aliphatic rings. The fraction of sp³-hybridized carbons (Fsp3) is 0.357. The van der Waals surface area contributed by atoms with E-state index in [-0.39, 0.29) is 48.4 Å². The Hall–Kier alpha value is -4.83. The fourth-order valence-corrected chi connectivity index (χ4v) is 9.08. The van der Waals surface area contributed by atoms with Gasteiger partial charge in [0.1, 0.15) is 29.5 Å². The second-order valence-corrected chi connectivity index (χ2v) is 14.3. The standard InChI is InChI=1S/C42H41NO8/c1-49-36-17-24(16-23(39(36)48)3-2-14-44)40-35(47)19-32-31-18-30-26(21-4-10-33-22(15-21)12-13-43-33)7-8-27-34(46)11-9-28(37(27)30)38(31)42-29(41(32)51-40)6-5-25(20-45)50-42/h4,7-12,15-17,25-26,30,35,40,44-48H,2-3,5-6,13-14,18-20H2,1H3. The van der Waals surface area contributed by atoms with Crippen LogP contribution in [0.15, 0.2) is 53.5 Å². The lowest BCUT2D eigenvalue weighted by atomic mass is 9.65. The van der Waals surface area contributed by atoms with Gasteiger partial charge in [0.25, 0.3) is 0 Å². The Balaban J connectivity index is 1.21. The van der Waals surface area contributed by atoms with Crippen molar-refractivity contribution in [1.82, 2.24) is 0 Å². The van der Waals surface area contributed by atoms with Gasteiger partial charge in [-0.15, -0.1) is 0 Å². The molecule has 9 nitrogen and oxygen atoms in total. The maximum absolute atomic E-state index is 11.9. The van der Waals surface area contributed by atoms with Crippen molar-refractivity contribution in [2.45, 2.75) is 68.7 Å². The van der Waals surface area contributed by atoms with E-state index >= 15 is 0 Å². The Morgan fingerprint density at radius 1 is 0.941 bits per heavy atom. The van der Waals surface area contributed by atoms with Crippen molar-refractivity contribution < 1.29 is 39.7 Å². The molecule has 4 aromatic rings. The molecule has 3 heterocycles. The zero-order valence-corrected chi connectivity index (χ0v) is 28.4. The van der Waals surface area contributed by atoms with Gasteiger partial charge >= 0.3 is 0 Å². The molecule has 0 saturated carbocycles. The number of hydrogen-bond acceptors (Lipinski definition) is 9. The molecule has 0 fully saturated rings. The summed E-state index contributed by atoms with van der Waals surface area (Å²) in [5.41, 5.74) is 9.27. The van der Waals surface area contributed by atoms with Gasteiger partial charge in [-0.1, -0.05) is 30.4 Å². The number of aliphatic hydroxyl groups excluding tert-OH is 3. The van der Waals surface area contributed by atoms with E-state index in [1.807, 2.05) is 18.2 Å². The first-order valence-corrected chi connectivity index (χ1v) is 17.9. The summed E-state index contributed by atoms with van der Waals surface area (Å²) in [6.07, 6.45) is 7.53. The Kier molecular flexibility index (Phi) is 7.83. The zero-order valence-electron chi connectivity index (χ0n) is 28.4. The van der Waals surface area contributed by atoms with Crippen molar-refractivity contribution in [3.05, 3.63) is 104 Å². The second-order valence-electron chi connectivity index (χ2n) is 14.3. The van der Waals surface area contributed by atoms with E-state index in [2.05, 4.69) is 35.3 Å². The number of nitrogens with zero attached hydrogens (tertiary/aromatic N) is 1. The molecule has 9 rings (SSSR count). The average Bonchev–Trinajstić information content (AvgIpc) is 3.63. The Morgan fingerprint density at radius 3 is 2.65 bits per heavy atom. The van der Waals surface area contributed by atoms with Gasteiger partial charge in [-0.2, -0.15) is 0 Å². The van der Waals surface area contributed by atoms with Crippen molar-refractivity contribution >= 4 is 12.2 Å². The minimum Gasteiger partial charge on any atom is -0.507 e. The molecule has 0 radical (unpaired) electrons. The van der Waals surface area contributed by atoms with E-state index < -0.39 is 12.2 Å². The first-order valence-electron chi connectivity index (χ1n) is 17.9. The number of aromatic hydroxyl groups is 2. The van der Waals surface area contributed by atoms with Crippen molar-refractivity contribution in [2.75, 3.05) is 26.9 Å². The number of allylic oxidation sites excluding steroid dienone is 1. The van der Waals surface area contributed by atoms with Crippen molar-refractivity contribution in [3.63, 3.8) is 0 Å². The largest absolute Gasteiger partial charge is 0.507 e. The van der Waals surface area contributed by atoms with Crippen molar-refractivity contribution in [1.29, 1.82) is 0 Å². The maximum atomic E-state index is 11.9. The van der Waals surface area contributed by atoms with Crippen LogP contribution in [0.2, 0.25) is 0 Å². The smallest absolute Gasteiger partial charge is 0.161 e. The summed E-state index contributed by atoms with van der Waals surface area (Å²) in [6.45, 7) is 0.560. The highest BCUT2D eigenvalue weighted by molar-refractivity contribution is 5.88. The number of phenols is 2. The summed E-state index contributed by atoms with van der Waals surface area (Å²) < 4.78 is 19.0. The lowest BCUT2D eigenvalue weighted by molar-refractivity contribution is 0.0180. The van der Waals surface area contributed by atoms with E-state index in [1.165, 1.54) is 12.7 Å². The third-order valence-electron chi connectivity index (χ3n) is 11.5. The molecular formula is C42H41NO8. The summed E-state index contributed by atoms with van der Waals surface area (Å²) in [7, 11) is 1.49. The molecule has 3 aliphatic heterocycles. The van der Waals surface area contributed by atoms with Crippen LogP contribution < -0.4 is 24.8 Å². The third-order valence-corrected chi connectivity index (χ3v) is 11.5. The molecule has 9 heteroatoms. The van der Waals surface area contributed by atoms with Crippen LogP contribution in [0.4, 0.5) is 0 Å². The minimum atomic E-state index is -0.899. The monoisotopic (exact) mass is 687 g/mol. The molecule has 5 unspecified atom stereocenters. The Bertz CT molecular complexity index is 2240. The second kappa shape index (κ2) is 12.4. The number of hydrogen-bond donors (Lipinski definition) is 5. The van der Waals surface area contributed by atoms with Gasteiger partial charge in [-0.05, 0) is 107 Å². The highest BCUT2D eigenvalue weighted by Crippen LogP contribution is 2.59. The first kappa shape index (κ1) is 32.1. The number of ether oxygens (including phenoxy) is 3. The molecule has 0 aromatic heterocycles. The highest BCUT2D eigenvalue weighted by Gasteiger charge is 2.44. The van der Waals surface area contributed by atoms with Crippen LogP contribution in [0.25, 0.3) is 23.3 Å². The van der Waals surface area contributed by atoms with E-state index in [1.54, 1.807) is 12.1 Å². The number of benzene rings is 4. The molecule has 262 valence electrons. The van der Waals surface area contributed by atoms with E-state index in [0.29, 0.717) is 67.7 Å². The van der Waals surface area contributed by atoms with Crippen LogP contribution in [0.3, 0.4) is 0 Å². The molecule has 0 saturated heterocycles. The SMILES string of the molecule is COc1cc(C2Oc3c(c4c(c5c3CCC(CO)O5)-c3ccc(O)c5c3C(C4)C(c3ccc4c(c3)=CCN=4)C=C5)CC2O)cc(CCCO)c1O. The lowest BCUT2D eigenvalue weighted by Crippen LogP contribution is -2.35. The molecule has 51 heavy (non-hydrogen) atoms. The molecule has 5 atom stereocenters. The molecule has 0 spiro atoms. The molecule has 5 N–H and O–H groups in total. The van der Waals surface area contributed by atoms with Crippen LogP contribution >= 0.6 is 0 Å². The number of fused-ring (bicyclic) bond motifs is 8. The van der Waals surface area contributed by atoms with Crippen LogP contribution in [-0.2, 0) is 25.7 Å². The van der Waals surface area contributed by atoms with Crippen LogP contribution in [0.5, 0.6) is 28.7 Å². The predicted octanol–water partition coefficient (Wildman–Crippen LogP) is 4.29. The summed E-state index contributed by atoms with van der Waals surface area (Å²) in [5.74, 6) is 1.98. The van der Waals surface area contributed by atoms with Gasteiger partial charge in [0.05, 0.1) is 31.7 Å². The molecule has 0 bridgehead atoms. The normalized spacial score (nSPS) is 23.3. The van der Waals surface area contributed by atoms with Gasteiger partial charge in [0.2, 0.25) is 0 Å². The highest BCUT2D eigenvalue weighted by atomic mass is 16.5. The number of rotatable bonds is 7. The number of phenolic OH excluding ortho intramolecular Hbond substituents is 2. The lowest BCUT2D eigenvalue weighted by Gasteiger charge is -2.42. The Labute approximate surface area is 295 Å². The number of aliphatic hydroxyl groups is 3. The minimum absolute atomic E-state index is 0.000630. The molecule has 0 amide bonds. The summed E-state index contributed by atoms with van der Waals surface area (Å²) in [4.78, 5) is 4.59. The topological polar surface area (TPSA) is 141 Å². The number of aryl methyl sites for hydroxylation is 1. The van der Waals surface area contributed by atoms with Crippen LogP contribution in [0.1, 0.15) is 75.3 Å². The first-order chi connectivity index (χ1) is 24.9. The Morgan fingerprint density at radius 2 is 1.82 bits per heavy atom. The van der Waals surface area contributed by atoms with Gasteiger partial charge in [-0.25, -0.2) is 0 Å². The molecule has 2 aliphatic carbocycles.